The molecule has 10 heteroatoms. The van der Waals surface area contributed by atoms with Crippen LogP contribution in [0.25, 0.3) is 0 Å². The fourth-order valence-electron chi connectivity index (χ4n) is 7.06. The molecule has 1 saturated carbocycles. The van der Waals surface area contributed by atoms with Crippen molar-refractivity contribution in [3.05, 3.63) is 87.4 Å². The molecule has 6 rings (SSSR count). The highest BCUT2D eigenvalue weighted by atomic mass is 19.4. The number of aliphatic hydroxyl groups is 1. The number of rotatable bonds is 9. The van der Waals surface area contributed by atoms with Gasteiger partial charge in [-0.3, -0.25) is 4.79 Å². The van der Waals surface area contributed by atoms with Gasteiger partial charge >= 0.3 is 12.1 Å². The van der Waals surface area contributed by atoms with E-state index in [9.17, 15) is 28.2 Å². The van der Waals surface area contributed by atoms with Gasteiger partial charge in [0, 0.05) is 36.1 Å². The Kier molecular flexibility index (Phi) is 7.22. The molecule has 0 saturated heterocycles. The molecular weight excluding hydrogens is 578 g/mol. The lowest BCUT2D eigenvalue weighted by atomic mass is 9.84. The Morgan fingerprint density at radius 3 is 2.50 bits per heavy atom. The molecule has 3 aromatic rings. The molecule has 4 atom stereocenters. The summed E-state index contributed by atoms with van der Waals surface area (Å²) in [6.45, 7) is 6.90. The summed E-state index contributed by atoms with van der Waals surface area (Å²) in [5, 5.41) is 19.2. The number of hydrogen-bond donors (Lipinski definition) is 2. The van der Waals surface area contributed by atoms with E-state index >= 15 is 4.39 Å². The molecule has 0 aliphatic heterocycles. The minimum atomic E-state index is -4.64. The van der Waals surface area contributed by atoms with Crippen molar-refractivity contribution < 1.29 is 42.0 Å². The zero-order valence-corrected chi connectivity index (χ0v) is 25.0. The Morgan fingerprint density at radius 1 is 1.07 bits per heavy atom. The van der Waals surface area contributed by atoms with Crippen molar-refractivity contribution in [2.24, 2.45) is 11.8 Å². The Bertz CT molecular complexity index is 1630. The molecule has 1 aromatic heterocycles. The summed E-state index contributed by atoms with van der Waals surface area (Å²) < 4.78 is 69.9. The van der Waals surface area contributed by atoms with Gasteiger partial charge in [-0.15, -0.1) is 0 Å². The summed E-state index contributed by atoms with van der Waals surface area (Å²) in [6, 6.07) is 8.73. The lowest BCUT2D eigenvalue weighted by Crippen LogP contribution is -2.22. The van der Waals surface area contributed by atoms with Gasteiger partial charge in [0.2, 0.25) is 5.88 Å². The van der Waals surface area contributed by atoms with Gasteiger partial charge < -0.3 is 19.7 Å². The number of hydrogen-bond acceptors (Lipinski definition) is 5. The summed E-state index contributed by atoms with van der Waals surface area (Å²) in [5.74, 6) is -1.90. The maximum atomic E-state index is 15.4. The van der Waals surface area contributed by atoms with Crippen molar-refractivity contribution in [2.45, 2.75) is 82.6 Å². The van der Waals surface area contributed by atoms with Gasteiger partial charge in [-0.2, -0.15) is 13.2 Å². The van der Waals surface area contributed by atoms with Crippen LogP contribution in [0.4, 0.5) is 17.6 Å². The summed E-state index contributed by atoms with van der Waals surface area (Å²) in [7, 11) is 0. The van der Waals surface area contributed by atoms with Crippen LogP contribution >= 0.6 is 0 Å². The van der Waals surface area contributed by atoms with Crippen molar-refractivity contribution >= 4 is 5.97 Å². The number of nitrogens with zero attached hydrogens (tertiary/aromatic N) is 1. The number of carboxylic acids is 1. The summed E-state index contributed by atoms with van der Waals surface area (Å²) in [6.07, 6.45) is -1.77. The molecule has 6 nitrogen and oxygen atoms in total. The first-order valence-electron chi connectivity index (χ1n) is 14.8. The van der Waals surface area contributed by atoms with Crippen molar-refractivity contribution in [3.8, 4) is 11.6 Å². The van der Waals surface area contributed by atoms with E-state index in [1.165, 1.54) is 18.2 Å². The van der Waals surface area contributed by atoms with E-state index in [-0.39, 0.29) is 60.1 Å². The molecule has 0 spiro atoms. The van der Waals surface area contributed by atoms with Crippen molar-refractivity contribution in [2.75, 3.05) is 6.61 Å². The van der Waals surface area contributed by atoms with Crippen LogP contribution in [0.1, 0.15) is 91.3 Å². The number of aliphatic carboxylic acids is 1. The predicted molar refractivity (Wildman–Crippen MR) is 153 cm³/mol. The fraction of sp³-hybridized carbons (Fsp3) is 0.471. The Labute approximate surface area is 253 Å². The lowest BCUT2D eigenvalue weighted by molar-refractivity contribution is -0.139. The van der Waals surface area contributed by atoms with E-state index in [0.29, 0.717) is 24.0 Å². The van der Waals surface area contributed by atoms with Crippen LogP contribution in [0.2, 0.25) is 0 Å². The zero-order chi connectivity index (χ0) is 31.8. The summed E-state index contributed by atoms with van der Waals surface area (Å²) in [5.41, 5.74) is 1.09. The molecule has 0 amide bonds. The number of fused-ring (bicyclic) bond motifs is 4. The zero-order valence-electron chi connectivity index (χ0n) is 25.0. The normalized spacial score (nSPS) is 23.1. The third-order valence-corrected chi connectivity index (χ3v) is 9.37. The number of aromatic nitrogens is 1. The molecule has 44 heavy (non-hydrogen) atoms. The Hall–Kier alpha value is -3.66. The van der Waals surface area contributed by atoms with Gasteiger partial charge in [-0.05, 0) is 90.1 Å². The number of benzene rings is 2. The van der Waals surface area contributed by atoms with Crippen LogP contribution in [0.15, 0.2) is 42.6 Å². The number of ether oxygens (including phenoxy) is 2. The van der Waals surface area contributed by atoms with E-state index < -0.39 is 40.5 Å². The second-order valence-corrected chi connectivity index (χ2v) is 13.6. The van der Waals surface area contributed by atoms with E-state index in [1.807, 2.05) is 13.8 Å². The number of carboxylic acid groups (broad SMARTS) is 1. The van der Waals surface area contributed by atoms with Gasteiger partial charge in [0.25, 0.3) is 0 Å². The summed E-state index contributed by atoms with van der Waals surface area (Å²) >= 11 is 0. The van der Waals surface area contributed by atoms with Crippen LogP contribution < -0.4 is 9.47 Å². The molecule has 1 heterocycles. The topological polar surface area (TPSA) is 88.9 Å². The SMILES string of the molecule is CC(C)(O)CCOc1ccc(C2CC(C)(C)c3cc(F)c(COc4cc5c(cn4)C4C(C5)C4C(=O)O)cc32)c(C(F)(F)F)c1. The fourth-order valence-corrected chi connectivity index (χ4v) is 7.06. The first-order valence-corrected chi connectivity index (χ1v) is 14.8. The van der Waals surface area contributed by atoms with Crippen LogP contribution in [0.5, 0.6) is 11.6 Å². The molecule has 4 unspecified atom stereocenters. The largest absolute Gasteiger partial charge is 0.493 e. The third-order valence-electron chi connectivity index (χ3n) is 9.37. The molecule has 2 N–H and O–H groups in total. The van der Waals surface area contributed by atoms with E-state index in [2.05, 4.69) is 4.98 Å². The highest BCUT2D eigenvalue weighted by molar-refractivity contribution is 5.77. The van der Waals surface area contributed by atoms with Crippen LogP contribution in [0.3, 0.4) is 0 Å². The average molecular weight is 614 g/mol. The molecule has 2 aromatic carbocycles. The first-order chi connectivity index (χ1) is 20.5. The van der Waals surface area contributed by atoms with Gasteiger partial charge in [-0.1, -0.05) is 19.9 Å². The smallest absolute Gasteiger partial charge is 0.416 e. The number of carbonyl (C=O) groups is 1. The lowest BCUT2D eigenvalue weighted by Gasteiger charge is -2.22. The van der Waals surface area contributed by atoms with E-state index in [0.717, 1.165) is 17.2 Å². The van der Waals surface area contributed by atoms with Gasteiger partial charge in [0.05, 0.1) is 23.7 Å². The van der Waals surface area contributed by atoms with Crippen molar-refractivity contribution in [3.63, 3.8) is 0 Å². The highest BCUT2D eigenvalue weighted by Crippen LogP contribution is 2.61. The minimum absolute atomic E-state index is 0.0200. The average Bonchev–Trinajstić information content (AvgIpc) is 3.42. The molecule has 234 valence electrons. The Balaban J connectivity index is 1.25. The maximum absolute atomic E-state index is 15.4. The molecule has 0 bridgehead atoms. The van der Waals surface area contributed by atoms with Gasteiger partial charge in [-0.25, -0.2) is 9.37 Å². The number of alkyl halides is 3. The molecule has 0 radical (unpaired) electrons. The maximum Gasteiger partial charge on any atom is 0.416 e. The predicted octanol–water partition coefficient (Wildman–Crippen LogP) is 7.14. The van der Waals surface area contributed by atoms with Crippen molar-refractivity contribution in [1.82, 2.24) is 4.98 Å². The van der Waals surface area contributed by atoms with E-state index in [1.54, 1.807) is 32.2 Å². The standard InChI is InChI=1S/C34H35F4NO5/c1-32(2)14-23(20-6-5-19(12-26(20)34(36,37)38)43-8-7-33(3,4)42)21-10-18(27(35)13-25(21)32)16-44-28-11-17-9-22-29(24(17)15-39-28)30(22)31(40)41/h5-6,10-13,15,22-23,29-30,42H,7-9,14,16H2,1-4H3,(H,40,41). The van der Waals surface area contributed by atoms with Gasteiger partial charge in [0.1, 0.15) is 18.2 Å². The van der Waals surface area contributed by atoms with Crippen molar-refractivity contribution in [1.29, 1.82) is 0 Å². The number of pyridine rings is 1. The van der Waals surface area contributed by atoms with Crippen LogP contribution in [-0.2, 0) is 29.4 Å². The minimum Gasteiger partial charge on any atom is -0.493 e. The first kappa shape index (κ1) is 30.4. The number of halogens is 4. The third kappa shape index (κ3) is 5.64. The van der Waals surface area contributed by atoms with Gasteiger partial charge in [0.15, 0.2) is 0 Å². The van der Waals surface area contributed by atoms with Crippen LogP contribution in [-0.4, -0.2) is 33.4 Å². The second kappa shape index (κ2) is 10.5. The van der Waals surface area contributed by atoms with E-state index in [4.69, 9.17) is 9.47 Å². The summed E-state index contributed by atoms with van der Waals surface area (Å²) in [4.78, 5) is 15.7. The molecule has 1 fully saturated rings. The second-order valence-electron chi connectivity index (χ2n) is 13.6. The highest BCUT2D eigenvalue weighted by Gasteiger charge is 2.60. The Morgan fingerprint density at radius 2 is 1.82 bits per heavy atom. The quantitative estimate of drug-likeness (QED) is 0.250. The molecular formula is C34H35F4NO5. The monoisotopic (exact) mass is 613 g/mol. The van der Waals surface area contributed by atoms with Crippen LogP contribution in [0, 0.1) is 17.7 Å². The molecule has 3 aliphatic carbocycles. The molecule has 3 aliphatic rings.